The molecule has 5 nitrogen and oxygen atoms in total. The Hall–Kier alpha value is -2.82. The van der Waals surface area contributed by atoms with Gasteiger partial charge in [-0.2, -0.15) is 0 Å². The number of amides is 2. The third kappa shape index (κ3) is 4.63. The molecular formula is C21H24N2O3. The lowest BCUT2D eigenvalue weighted by atomic mass is 10.1. The predicted octanol–water partition coefficient (Wildman–Crippen LogP) is 2.31. The van der Waals surface area contributed by atoms with Crippen molar-refractivity contribution in [1.82, 2.24) is 10.6 Å². The summed E-state index contributed by atoms with van der Waals surface area (Å²) in [4.78, 5) is 24.4. The van der Waals surface area contributed by atoms with Crippen LogP contribution in [0.2, 0.25) is 0 Å². The van der Waals surface area contributed by atoms with E-state index in [1.165, 1.54) is 0 Å². The third-order valence-corrected chi connectivity index (χ3v) is 4.66. The number of hydrogen-bond donors (Lipinski definition) is 2. The number of carbonyl (C=O) groups is 2. The molecule has 0 spiro atoms. The van der Waals surface area contributed by atoms with Crippen molar-refractivity contribution in [3.05, 3.63) is 65.7 Å². The molecule has 0 bridgehead atoms. The number of benzene rings is 2. The van der Waals surface area contributed by atoms with Crippen molar-refractivity contribution in [2.24, 2.45) is 11.8 Å². The van der Waals surface area contributed by atoms with Gasteiger partial charge in [0.1, 0.15) is 5.75 Å². The highest BCUT2D eigenvalue weighted by molar-refractivity contribution is 5.92. The smallest absolute Gasteiger partial charge is 0.224 e. The molecule has 3 rings (SSSR count). The summed E-state index contributed by atoms with van der Waals surface area (Å²) in [6.07, 6.45) is 1.33. The van der Waals surface area contributed by atoms with E-state index in [4.69, 9.17) is 4.74 Å². The fourth-order valence-electron chi connectivity index (χ4n) is 3.05. The molecule has 0 aliphatic heterocycles. The summed E-state index contributed by atoms with van der Waals surface area (Å²) in [5.41, 5.74) is 2.11. The van der Waals surface area contributed by atoms with E-state index < -0.39 is 0 Å². The third-order valence-electron chi connectivity index (χ3n) is 4.66. The minimum absolute atomic E-state index is 0.0419. The van der Waals surface area contributed by atoms with E-state index in [1.54, 1.807) is 7.11 Å². The van der Waals surface area contributed by atoms with Crippen LogP contribution < -0.4 is 15.4 Å². The predicted molar refractivity (Wildman–Crippen MR) is 99.6 cm³/mol. The Morgan fingerprint density at radius 1 is 0.962 bits per heavy atom. The van der Waals surface area contributed by atoms with Crippen LogP contribution in [0.5, 0.6) is 5.75 Å². The molecule has 2 N–H and O–H groups in total. The minimum atomic E-state index is -0.205. The molecule has 2 unspecified atom stereocenters. The second kappa shape index (κ2) is 8.52. The molecule has 2 aromatic rings. The Labute approximate surface area is 153 Å². The number of methoxy groups -OCH3 is 1. The standard InChI is InChI=1S/C21H24N2O3/c1-26-19-10-6-5-9-16(19)11-12-22-20(24)17-13-18(17)21(25)23-14-15-7-3-2-4-8-15/h2-10,17-18H,11-14H2,1H3,(H,22,24)(H,23,25). The number of rotatable bonds is 8. The summed E-state index contributed by atoms with van der Waals surface area (Å²) in [6, 6.07) is 17.5. The maximum atomic E-state index is 12.2. The molecule has 1 aliphatic carbocycles. The highest BCUT2D eigenvalue weighted by Gasteiger charge is 2.47. The van der Waals surface area contributed by atoms with Crippen molar-refractivity contribution in [2.45, 2.75) is 19.4 Å². The van der Waals surface area contributed by atoms with Crippen molar-refractivity contribution in [3.63, 3.8) is 0 Å². The molecule has 2 aromatic carbocycles. The van der Waals surface area contributed by atoms with Crippen LogP contribution in [-0.4, -0.2) is 25.5 Å². The molecule has 5 heteroatoms. The Morgan fingerprint density at radius 3 is 2.35 bits per heavy atom. The van der Waals surface area contributed by atoms with Crippen molar-refractivity contribution in [2.75, 3.05) is 13.7 Å². The monoisotopic (exact) mass is 352 g/mol. The molecule has 0 saturated heterocycles. The van der Waals surface area contributed by atoms with Gasteiger partial charge in [-0.15, -0.1) is 0 Å². The summed E-state index contributed by atoms with van der Waals surface area (Å²) < 4.78 is 5.31. The topological polar surface area (TPSA) is 67.4 Å². The van der Waals surface area contributed by atoms with E-state index in [0.29, 0.717) is 25.9 Å². The van der Waals surface area contributed by atoms with Crippen LogP contribution in [0.25, 0.3) is 0 Å². The lowest BCUT2D eigenvalue weighted by Crippen LogP contribution is -2.31. The number of para-hydroxylation sites is 1. The van der Waals surface area contributed by atoms with Crippen LogP contribution in [-0.2, 0) is 22.6 Å². The van der Waals surface area contributed by atoms with E-state index in [1.807, 2.05) is 54.6 Å². The zero-order valence-electron chi connectivity index (χ0n) is 14.9. The van der Waals surface area contributed by atoms with Gasteiger partial charge in [0.05, 0.1) is 18.9 Å². The Bertz CT molecular complexity index is 761. The fourth-order valence-corrected chi connectivity index (χ4v) is 3.05. The summed E-state index contributed by atoms with van der Waals surface area (Å²) >= 11 is 0. The van der Waals surface area contributed by atoms with Gasteiger partial charge in [-0.25, -0.2) is 0 Å². The summed E-state index contributed by atoms with van der Waals surface area (Å²) in [6.45, 7) is 1.03. The quantitative estimate of drug-likeness (QED) is 0.766. The maximum Gasteiger partial charge on any atom is 0.224 e. The number of hydrogen-bond acceptors (Lipinski definition) is 3. The van der Waals surface area contributed by atoms with Gasteiger partial charge < -0.3 is 15.4 Å². The molecular weight excluding hydrogens is 328 g/mol. The number of ether oxygens (including phenoxy) is 1. The first-order chi connectivity index (χ1) is 12.7. The number of carbonyl (C=O) groups excluding carboxylic acids is 2. The van der Waals surface area contributed by atoms with Gasteiger partial charge in [0.15, 0.2) is 0 Å². The van der Waals surface area contributed by atoms with Crippen LogP contribution in [0, 0.1) is 11.8 Å². The van der Waals surface area contributed by atoms with Gasteiger partial charge in [-0.1, -0.05) is 48.5 Å². The van der Waals surface area contributed by atoms with Gasteiger partial charge in [-0.3, -0.25) is 9.59 Å². The van der Waals surface area contributed by atoms with Gasteiger partial charge in [0.25, 0.3) is 0 Å². The first-order valence-corrected chi connectivity index (χ1v) is 8.90. The lowest BCUT2D eigenvalue weighted by molar-refractivity contribution is -0.127. The Kier molecular flexibility index (Phi) is 5.89. The molecule has 0 aromatic heterocycles. The van der Waals surface area contributed by atoms with Crippen molar-refractivity contribution < 1.29 is 14.3 Å². The minimum Gasteiger partial charge on any atom is -0.496 e. The second-order valence-electron chi connectivity index (χ2n) is 6.50. The molecule has 136 valence electrons. The van der Waals surface area contributed by atoms with Gasteiger partial charge >= 0.3 is 0 Å². The van der Waals surface area contributed by atoms with Crippen molar-refractivity contribution in [3.8, 4) is 5.75 Å². The zero-order chi connectivity index (χ0) is 18.4. The lowest BCUT2D eigenvalue weighted by Gasteiger charge is -2.09. The SMILES string of the molecule is COc1ccccc1CCNC(=O)C1CC1C(=O)NCc1ccccc1. The molecule has 0 radical (unpaired) electrons. The molecule has 2 amide bonds. The maximum absolute atomic E-state index is 12.2. The van der Waals surface area contributed by atoms with Gasteiger partial charge in [0, 0.05) is 13.1 Å². The average Bonchev–Trinajstić information content (AvgIpc) is 3.48. The highest BCUT2D eigenvalue weighted by Crippen LogP contribution is 2.38. The first kappa shape index (κ1) is 18.0. The summed E-state index contributed by atoms with van der Waals surface area (Å²) in [7, 11) is 1.64. The fraction of sp³-hybridized carbons (Fsp3) is 0.333. The van der Waals surface area contributed by atoms with Crippen LogP contribution in [0.3, 0.4) is 0 Å². The molecule has 1 aliphatic rings. The Morgan fingerprint density at radius 2 is 1.62 bits per heavy atom. The highest BCUT2D eigenvalue weighted by atomic mass is 16.5. The number of nitrogens with one attached hydrogen (secondary N) is 2. The first-order valence-electron chi connectivity index (χ1n) is 8.90. The van der Waals surface area contributed by atoms with Gasteiger partial charge in [-0.05, 0) is 30.0 Å². The van der Waals surface area contributed by atoms with Crippen molar-refractivity contribution in [1.29, 1.82) is 0 Å². The van der Waals surface area contributed by atoms with Crippen LogP contribution in [0.15, 0.2) is 54.6 Å². The van der Waals surface area contributed by atoms with E-state index in [0.717, 1.165) is 16.9 Å². The largest absolute Gasteiger partial charge is 0.496 e. The second-order valence-corrected chi connectivity index (χ2v) is 6.50. The normalized spacial score (nSPS) is 18.0. The van der Waals surface area contributed by atoms with Crippen LogP contribution >= 0.6 is 0 Å². The van der Waals surface area contributed by atoms with E-state index in [9.17, 15) is 9.59 Å². The van der Waals surface area contributed by atoms with E-state index in [2.05, 4.69) is 10.6 Å². The molecule has 26 heavy (non-hydrogen) atoms. The molecule has 1 fully saturated rings. The zero-order valence-corrected chi connectivity index (χ0v) is 14.9. The van der Waals surface area contributed by atoms with E-state index >= 15 is 0 Å². The summed E-state index contributed by atoms with van der Waals surface area (Å²) in [5.74, 6) is 0.332. The Balaban J connectivity index is 1.39. The van der Waals surface area contributed by atoms with Gasteiger partial charge in [0.2, 0.25) is 11.8 Å². The van der Waals surface area contributed by atoms with Crippen molar-refractivity contribution >= 4 is 11.8 Å². The van der Waals surface area contributed by atoms with E-state index in [-0.39, 0.29) is 23.7 Å². The molecule has 1 saturated carbocycles. The molecule has 2 atom stereocenters. The molecule has 0 heterocycles. The summed E-state index contributed by atoms with van der Waals surface area (Å²) in [5, 5.41) is 5.84. The average molecular weight is 352 g/mol. The van der Waals surface area contributed by atoms with Crippen LogP contribution in [0.4, 0.5) is 0 Å². The van der Waals surface area contributed by atoms with Crippen LogP contribution in [0.1, 0.15) is 17.5 Å².